The molecule has 1 aromatic heterocycles. The first kappa shape index (κ1) is 15.5. The SMILES string of the molecule is Cl.NCC(NC(=O)c1ccc(-n2cccn2)cc1)C1CC1. The molecule has 0 saturated heterocycles. The summed E-state index contributed by atoms with van der Waals surface area (Å²) in [6.07, 6.45) is 5.93. The van der Waals surface area contributed by atoms with Gasteiger partial charge in [0.1, 0.15) is 0 Å². The second kappa shape index (κ2) is 6.74. The number of nitrogens with two attached hydrogens (primary N) is 1. The lowest BCUT2D eigenvalue weighted by molar-refractivity contribution is 0.0933. The van der Waals surface area contributed by atoms with E-state index in [0.29, 0.717) is 18.0 Å². The monoisotopic (exact) mass is 306 g/mol. The minimum Gasteiger partial charge on any atom is -0.348 e. The fourth-order valence-electron chi connectivity index (χ4n) is 2.31. The Kier molecular flexibility index (Phi) is 4.98. The van der Waals surface area contributed by atoms with Gasteiger partial charge in [-0.1, -0.05) is 0 Å². The van der Waals surface area contributed by atoms with E-state index in [1.807, 2.05) is 36.5 Å². The average molecular weight is 307 g/mol. The zero-order chi connectivity index (χ0) is 13.9. The Bertz CT molecular complexity index is 578. The Hall–Kier alpha value is -1.85. The van der Waals surface area contributed by atoms with Crippen LogP contribution < -0.4 is 11.1 Å². The highest BCUT2D eigenvalue weighted by molar-refractivity contribution is 5.94. The van der Waals surface area contributed by atoms with Crippen LogP contribution in [0.3, 0.4) is 0 Å². The number of amides is 1. The van der Waals surface area contributed by atoms with Crippen LogP contribution in [0.4, 0.5) is 0 Å². The summed E-state index contributed by atoms with van der Waals surface area (Å²) in [5.74, 6) is 0.506. The maximum atomic E-state index is 12.2. The summed E-state index contributed by atoms with van der Waals surface area (Å²) in [5, 5.41) is 7.17. The van der Waals surface area contributed by atoms with Crippen molar-refractivity contribution in [2.75, 3.05) is 6.54 Å². The molecule has 0 radical (unpaired) electrons. The number of aromatic nitrogens is 2. The van der Waals surface area contributed by atoms with Crippen LogP contribution in [-0.4, -0.2) is 28.3 Å². The average Bonchev–Trinajstić information content (AvgIpc) is 3.18. The lowest BCUT2D eigenvalue weighted by atomic mass is 10.1. The van der Waals surface area contributed by atoms with Crippen molar-refractivity contribution < 1.29 is 4.79 Å². The molecule has 1 aliphatic carbocycles. The van der Waals surface area contributed by atoms with Crippen LogP contribution in [0.15, 0.2) is 42.7 Å². The Morgan fingerprint density at radius 2 is 2.10 bits per heavy atom. The molecule has 0 bridgehead atoms. The van der Waals surface area contributed by atoms with Crippen molar-refractivity contribution in [2.45, 2.75) is 18.9 Å². The van der Waals surface area contributed by atoms with Gasteiger partial charge in [-0.05, 0) is 49.1 Å². The third-order valence-electron chi connectivity index (χ3n) is 3.66. The Balaban J connectivity index is 0.00000161. The van der Waals surface area contributed by atoms with Crippen LogP contribution in [0.5, 0.6) is 0 Å². The first-order chi connectivity index (χ1) is 9.78. The molecule has 112 valence electrons. The number of hydrogen-bond acceptors (Lipinski definition) is 3. The molecule has 2 aromatic rings. The Morgan fingerprint density at radius 3 is 2.62 bits per heavy atom. The first-order valence-corrected chi connectivity index (χ1v) is 6.89. The van der Waals surface area contributed by atoms with Gasteiger partial charge in [-0.3, -0.25) is 4.79 Å². The number of nitrogens with one attached hydrogen (secondary N) is 1. The van der Waals surface area contributed by atoms with Gasteiger partial charge in [-0.2, -0.15) is 5.10 Å². The summed E-state index contributed by atoms with van der Waals surface area (Å²) in [6.45, 7) is 0.502. The largest absolute Gasteiger partial charge is 0.348 e. The minimum absolute atomic E-state index is 0. The number of carbonyl (C=O) groups is 1. The molecular weight excluding hydrogens is 288 g/mol. The quantitative estimate of drug-likeness (QED) is 0.884. The van der Waals surface area contributed by atoms with Gasteiger partial charge in [0.15, 0.2) is 0 Å². The summed E-state index contributed by atoms with van der Waals surface area (Å²) < 4.78 is 1.76. The maximum absolute atomic E-state index is 12.2. The van der Waals surface area contributed by atoms with Crippen molar-refractivity contribution in [3.63, 3.8) is 0 Å². The third-order valence-corrected chi connectivity index (χ3v) is 3.66. The third kappa shape index (κ3) is 3.62. The molecule has 1 amide bonds. The second-order valence-corrected chi connectivity index (χ2v) is 5.15. The van der Waals surface area contributed by atoms with E-state index in [-0.39, 0.29) is 24.4 Å². The molecular formula is C15H19ClN4O. The molecule has 3 N–H and O–H groups in total. The van der Waals surface area contributed by atoms with E-state index in [4.69, 9.17) is 5.73 Å². The van der Waals surface area contributed by atoms with Gasteiger partial charge in [0.05, 0.1) is 5.69 Å². The van der Waals surface area contributed by atoms with Crippen LogP contribution >= 0.6 is 12.4 Å². The normalized spacial score (nSPS) is 15.1. The topological polar surface area (TPSA) is 72.9 Å². The molecule has 1 aromatic carbocycles. The predicted molar refractivity (Wildman–Crippen MR) is 83.8 cm³/mol. The molecule has 0 aliphatic heterocycles. The number of nitrogens with zero attached hydrogens (tertiary/aromatic N) is 2. The van der Waals surface area contributed by atoms with Gasteiger partial charge in [-0.15, -0.1) is 12.4 Å². The molecule has 1 heterocycles. The zero-order valence-electron chi connectivity index (χ0n) is 11.6. The highest BCUT2D eigenvalue weighted by Gasteiger charge is 2.31. The van der Waals surface area contributed by atoms with Gasteiger partial charge in [-0.25, -0.2) is 4.68 Å². The van der Waals surface area contributed by atoms with Crippen LogP contribution in [-0.2, 0) is 0 Å². The molecule has 1 unspecified atom stereocenters. The number of benzene rings is 1. The van der Waals surface area contributed by atoms with Gasteiger partial charge >= 0.3 is 0 Å². The van der Waals surface area contributed by atoms with Gasteiger partial charge in [0.25, 0.3) is 5.91 Å². The standard InChI is InChI=1S/C15H18N4O.ClH/c16-10-14(11-2-3-11)18-15(20)12-4-6-13(7-5-12)19-9-1-8-17-19;/h1,4-9,11,14H,2-3,10,16H2,(H,18,20);1H. The zero-order valence-corrected chi connectivity index (χ0v) is 12.4. The summed E-state index contributed by atoms with van der Waals surface area (Å²) in [4.78, 5) is 12.2. The molecule has 6 heteroatoms. The summed E-state index contributed by atoms with van der Waals surface area (Å²) in [7, 11) is 0. The smallest absolute Gasteiger partial charge is 0.251 e. The van der Waals surface area contributed by atoms with Crippen LogP contribution in [0.2, 0.25) is 0 Å². The number of rotatable bonds is 5. The minimum atomic E-state index is -0.0561. The van der Waals surface area contributed by atoms with Gasteiger partial charge in [0.2, 0.25) is 0 Å². The van der Waals surface area contributed by atoms with E-state index in [0.717, 1.165) is 5.69 Å². The molecule has 1 saturated carbocycles. The summed E-state index contributed by atoms with van der Waals surface area (Å²) in [5.41, 5.74) is 7.29. The van der Waals surface area contributed by atoms with Gasteiger partial charge in [0, 0.05) is 30.5 Å². The highest BCUT2D eigenvalue weighted by atomic mass is 35.5. The number of carbonyl (C=O) groups excluding carboxylic acids is 1. The van der Waals surface area contributed by atoms with Crippen LogP contribution in [0, 0.1) is 5.92 Å². The van der Waals surface area contributed by atoms with E-state index in [9.17, 15) is 4.79 Å². The van der Waals surface area contributed by atoms with Crippen LogP contribution in [0.1, 0.15) is 23.2 Å². The fraction of sp³-hybridized carbons (Fsp3) is 0.333. The van der Waals surface area contributed by atoms with E-state index >= 15 is 0 Å². The molecule has 1 aliphatic rings. The molecule has 21 heavy (non-hydrogen) atoms. The second-order valence-electron chi connectivity index (χ2n) is 5.15. The van der Waals surface area contributed by atoms with E-state index in [2.05, 4.69) is 10.4 Å². The molecule has 5 nitrogen and oxygen atoms in total. The first-order valence-electron chi connectivity index (χ1n) is 6.89. The maximum Gasteiger partial charge on any atom is 0.251 e. The van der Waals surface area contributed by atoms with E-state index < -0.39 is 0 Å². The summed E-state index contributed by atoms with van der Waals surface area (Å²) in [6, 6.07) is 9.36. The summed E-state index contributed by atoms with van der Waals surface area (Å²) >= 11 is 0. The fourth-order valence-corrected chi connectivity index (χ4v) is 2.31. The Morgan fingerprint density at radius 1 is 1.38 bits per heavy atom. The van der Waals surface area contributed by atoms with Crippen molar-refractivity contribution in [3.8, 4) is 5.69 Å². The highest BCUT2D eigenvalue weighted by Crippen LogP contribution is 2.32. The van der Waals surface area contributed by atoms with Crippen molar-refractivity contribution in [1.82, 2.24) is 15.1 Å². The van der Waals surface area contributed by atoms with Crippen molar-refractivity contribution in [2.24, 2.45) is 11.7 Å². The predicted octanol–water partition coefficient (Wildman–Crippen LogP) is 1.76. The van der Waals surface area contributed by atoms with Crippen molar-refractivity contribution in [3.05, 3.63) is 48.3 Å². The lowest BCUT2D eigenvalue weighted by Gasteiger charge is -2.16. The van der Waals surface area contributed by atoms with Crippen molar-refractivity contribution >= 4 is 18.3 Å². The lowest BCUT2D eigenvalue weighted by Crippen LogP contribution is -2.41. The van der Waals surface area contributed by atoms with Crippen molar-refractivity contribution in [1.29, 1.82) is 0 Å². The molecule has 0 spiro atoms. The number of hydrogen-bond donors (Lipinski definition) is 2. The Labute approximate surface area is 129 Å². The van der Waals surface area contributed by atoms with Gasteiger partial charge < -0.3 is 11.1 Å². The van der Waals surface area contributed by atoms with E-state index in [1.54, 1.807) is 10.9 Å². The molecule has 3 rings (SSSR count). The number of halogens is 1. The molecule has 1 fully saturated rings. The van der Waals surface area contributed by atoms with Crippen LogP contribution in [0.25, 0.3) is 5.69 Å². The van der Waals surface area contributed by atoms with E-state index in [1.165, 1.54) is 12.8 Å². The molecule has 1 atom stereocenters.